The number of hydrogen-bond donors (Lipinski definition) is 1. The average molecular weight is 165 g/mol. The van der Waals surface area contributed by atoms with Crippen molar-refractivity contribution in [1.29, 1.82) is 0 Å². The molecule has 1 aromatic rings. The van der Waals surface area contributed by atoms with Crippen molar-refractivity contribution in [2.24, 2.45) is 0 Å². The van der Waals surface area contributed by atoms with Gasteiger partial charge in [-0.15, -0.1) is 0 Å². The van der Waals surface area contributed by atoms with E-state index >= 15 is 0 Å². The third-order valence-electron chi connectivity index (χ3n) is 1.25. The maximum atomic E-state index is 2.16. The SMILES string of the molecule is CCc1ccccc1.N.[Ca+2].[H-].[H-]. The van der Waals surface area contributed by atoms with Gasteiger partial charge >= 0.3 is 37.7 Å². The Morgan fingerprint density at radius 3 is 2.00 bits per heavy atom. The van der Waals surface area contributed by atoms with E-state index in [1.807, 2.05) is 6.07 Å². The number of rotatable bonds is 1. The molecule has 0 spiro atoms. The second-order valence-electron chi connectivity index (χ2n) is 1.84. The van der Waals surface area contributed by atoms with Crippen molar-refractivity contribution in [2.45, 2.75) is 13.3 Å². The summed E-state index contributed by atoms with van der Waals surface area (Å²) in [5.41, 5.74) is 1.41. The van der Waals surface area contributed by atoms with Crippen LogP contribution in [0.1, 0.15) is 15.3 Å². The minimum atomic E-state index is 0. The predicted octanol–water partition coefficient (Wildman–Crippen LogP) is 2.26. The molecule has 0 radical (unpaired) electrons. The molecule has 0 heterocycles. The Bertz CT molecular complexity index is 158. The second-order valence-corrected chi connectivity index (χ2v) is 1.84. The summed E-state index contributed by atoms with van der Waals surface area (Å²) in [7, 11) is 0. The van der Waals surface area contributed by atoms with Crippen LogP contribution in [0.5, 0.6) is 0 Å². The number of aryl methyl sites for hydroxylation is 1. The number of benzene rings is 1. The first-order chi connectivity index (χ1) is 3.93. The van der Waals surface area contributed by atoms with E-state index in [0.717, 1.165) is 6.42 Å². The monoisotopic (exact) mass is 165 g/mol. The van der Waals surface area contributed by atoms with E-state index in [9.17, 15) is 0 Å². The summed E-state index contributed by atoms with van der Waals surface area (Å²) in [6.07, 6.45) is 1.14. The van der Waals surface area contributed by atoms with Crippen molar-refractivity contribution in [3.63, 3.8) is 0 Å². The van der Waals surface area contributed by atoms with Crippen LogP contribution in [0.3, 0.4) is 0 Å². The van der Waals surface area contributed by atoms with Crippen molar-refractivity contribution >= 4 is 37.7 Å². The molecule has 0 aromatic heterocycles. The molecular formula is C8H15CaN. The summed E-state index contributed by atoms with van der Waals surface area (Å²) in [4.78, 5) is 0. The van der Waals surface area contributed by atoms with E-state index in [-0.39, 0.29) is 46.7 Å². The fraction of sp³-hybridized carbons (Fsp3) is 0.250. The Balaban J connectivity index is -0.0000000800. The molecule has 0 atom stereocenters. The van der Waals surface area contributed by atoms with Crippen LogP contribution in [-0.2, 0) is 6.42 Å². The van der Waals surface area contributed by atoms with E-state index < -0.39 is 0 Å². The zero-order valence-electron chi connectivity index (χ0n) is 8.51. The zero-order valence-corrected chi connectivity index (χ0v) is 8.72. The smallest absolute Gasteiger partial charge is 1.00 e. The first kappa shape index (κ1) is 13.1. The molecule has 0 aliphatic heterocycles. The van der Waals surface area contributed by atoms with E-state index in [1.165, 1.54) is 5.56 Å². The Morgan fingerprint density at radius 1 is 1.20 bits per heavy atom. The van der Waals surface area contributed by atoms with Gasteiger partial charge < -0.3 is 9.00 Å². The topological polar surface area (TPSA) is 35.0 Å². The van der Waals surface area contributed by atoms with Crippen molar-refractivity contribution in [1.82, 2.24) is 6.15 Å². The number of hydrogen-bond acceptors (Lipinski definition) is 1. The fourth-order valence-corrected chi connectivity index (χ4v) is 0.714. The van der Waals surface area contributed by atoms with E-state index in [0.29, 0.717) is 0 Å². The molecule has 0 unspecified atom stereocenters. The fourth-order valence-electron chi connectivity index (χ4n) is 0.714. The molecule has 3 N–H and O–H groups in total. The van der Waals surface area contributed by atoms with Crippen LogP contribution in [0, 0.1) is 0 Å². The molecule has 1 rings (SSSR count). The molecule has 0 amide bonds. The van der Waals surface area contributed by atoms with Crippen LogP contribution < -0.4 is 6.15 Å². The average Bonchev–Trinajstić information content (AvgIpc) is 1.90. The van der Waals surface area contributed by atoms with Gasteiger partial charge in [0.05, 0.1) is 0 Å². The molecule has 54 valence electrons. The molecule has 10 heavy (non-hydrogen) atoms. The molecule has 0 aliphatic rings. The van der Waals surface area contributed by atoms with Gasteiger partial charge in [0.1, 0.15) is 0 Å². The van der Waals surface area contributed by atoms with Crippen molar-refractivity contribution < 1.29 is 2.85 Å². The third kappa shape index (κ3) is 4.29. The molecule has 0 bridgehead atoms. The first-order valence-corrected chi connectivity index (χ1v) is 2.97. The van der Waals surface area contributed by atoms with Crippen LogP contribution in [0.2, 0.25) is 0 Å². The molecule has 0 saturated heterocycles. The Labute approximate surface area is 95.4 Å². The van der Waals surface area contributed by atoms with Gasteiger partial charge in [-0.2, -0.15) is 0 Å². The van der Waals surface area contributed by atoms with Gasteiger partial charge in [-0.3, -0.25) is 0 Å². The zero-order chi connectivity index (χ0) is 5.82. The Hall–Kier alpha value is 0.440. The maximum absolute atomic E-state index is 2.16. The van der Waals surface area contributed by atoms with Gasteiger partial charge in [0.15, 0.2) is 0 Å². The molecule has 0 fully saturated rings. The molecule has 2 heteroatoms. The summed E-state index contributed by atoms with van der Waals surface area (Å²) >= 11 is 0. The van der Waals surface area contributed by atoms with E-state index in [1.54, 1.807) is 0 Å². The van der Waals surface area contributed by atoms with Crippen LogP contribution in [0.15, 0.2) is 30.3 Å². The third-order valence-corrected chi connectivity index (χ3v) is 1.25. The van der Waals surface area contributed by atoms with E-state index in [2.05, 4.69) is 31.2 Å². The molecular weight excluding hydrogens is 150 g/mol. The van der Waals surface area contributed by atoms with Crippen molar-refractivity contribution in [2.75, 3.05) is 0 Å². The summed E-state index contributed by atoms with van der Waals surface area (Å²) < 4.78 is 0. The Morgan fingerprint density at radius 2 is 1.70 bits per heavy atom. The van der Waals surface area contributed by atoms with Gasteiger partial charge in [-0.05, 0) is 12.0 Å². The van der Waals surface area contributed by atoms with Crippen LogP contribution in [0.25, 0.3) is 0 Å². The van der Waals surface area contributed by atoms with E-state index in [4.69, 9.17) is 0 Å². The first-order valence-electron chi connectivity index (χ1n) is 2.97. The van der Waals surface area contributed by atoms with Gasteiger partial charge in [0, 0.05) is 0 Å². The van der Waals surface area contributed by atoms with Gasteiger partial charge in [0.2, 0.25) is 0 Å². The second kappa shape index (κ2) is 7.55. The summed E-state index contributed by atoms with van der Waals surface area (Å²) in [5, 5.41) is 0. The summed E-state index contributed by atoms with van der Waals surface area (Å²) in [6.45, 7) is 2.16. The minimum absolute atomic E-state index is 0. The van der Waals surface area contributed by atoms with Crippen LogP contribution in [-0.4, -0.2) is 37.7 Å². The predicted molar refractivity (Wildman–Crippen MR) is 48.8 cm³/mol. The van der Waals surface area contributed by atoms with Crippen LogP contribution in [0.4, 0.5) is 0 Å². The quantitative estimate of drug-likeness (QED) is 0.636. The van der Waals surface area contributed by atoms with Crippen molar-refractivity contribution in [3.8, 4) is 0 Å². The van der Waals surface area contributed by atoms with Gasteiger partial charge in [-0.1, -0.05) is 37.3 Å². The van der Waals surface area contributed by atoms with Crippen LogP contribution >= 0.6 is 0 Å². The summed E-state index contributed by atoms with van der Waals surface area (Å²) in [6, 6.07) is 10.5. The maximum Gasteiger partial charge on any atom is 2.00 e. The molecule has 1 aromatic carbocycles. The molecule has 1 nitrogen and oxygen atoms in total. The Kier molecular flexibility index (Phi) is 9.85. The van der Waals surface area contributed by atoms with Crippen molar-refractivity contribution in [3.05, 3.63) is 35.9 Å². The molecule has 0 aliphatic carbocycles. The normalized spacial score (nSPS) is 7.30. The van der Waals surface area contributed by atoms with Gasteiger partial charge in [-0.25, -0.2) is 0 Å². The molecule has 0 saturated carbocycles. The summed E-state index contributed by atoms with van der Waals surface area (Å²) in [5.74, 6) is 0. The minimum Gasteiger partial charge on any atom is -1.00 e. The largest absolute Gasteiger partial charge is 2.00 e. The van der Waals surface area contributed by atoms with Gasteiger partial charge in [0.25, 0.3) is 0 Å². The standard InChI is InChI=1S/C8H10.Ca.H3N.2H/c1-2-8-6-4-3-5-7-8;;;;/h3-7H,2H2,1H3;;1H3;;/q;+2;;2*-1.